The van der Waals surface area contributed by atoms with E-state index in [9.17, 15) is 14.7 Å². The fourth-order valence-corrected chi connectivity index (χ4v) is 7.05. The summed E-state index contributed by atoms with van der Waals surface area (Å²) in [6.45, 7) is 9.46. The van der Waals surface area contributed by atoms with Crippen molar-refractivity contribution in [3.8, 4) is 17.2 Å². The minimum absolute atomic E-state index is 0.0717. The van der Waals surface area contributed by atoms with Crippen molar-refractivity contribution in [1.82, 2.24) is 4.90 Å². The van der Waals surface area contributed by atoms with E-state index in [4.69, 9.17) is 14.2 Å². The topological polar surface area (TPSA) is 97.3 Å². The highest BCUT2D eigenvalue weighted by atomic mass is 16.7. The van der Waals surface area contributed by atoms with E-state index in [-0.39, 0.29) is 25.2 Å². The summed E-state index contributed by atoms with van der Waals surface area (Å²) in [5.74, 6) is 0.0215. The number of aliphatic carboxylic acids is 1. The maximum absolute atomic E-state index is 13.7. The maximum atomic E-state index is 13.7. The lowest BCUT2D eigenvalue weighted by Crippen LogP contribution is -2.35. The van der Waals surface area contributed by atoms with Crippen molar-refractivity contribution < 1.29 is 28.9 Å². The van der Waals surface area contributed by atoms with Crippen LogP contribution in [0.2, 0.25) is 0 Å². The Morgan fingerprint density at radius 2 is 1.71 bits per heavy atom. The van der Waals surface area contributed by atoms with Crippen molar-refractivity contribution in [2.24, 2.45) is 5.92 Å². The molecule has 1 unspecified atom stereocenters. The lowest BCUT2D eigenvalue weighted by atomic mass is 9.81. The van der Waals surface area contributed by atoms with Gasteiger partial charge in [-0.1, -0.05) is 49.7 Å². The summed E-state index contributed by atoms with van der Waals surface area (Å²) in [6.07, 6.45) is 2.40. The lowest BCUT2D eigenvalue weighted by molar-refractivity contribution is -0.143. The Morgan fingerprint density at radius 1 is 0.976 bits per heavy atom. The van der Waals surface area contributed by atoms with Gasteiger partial charge < -0.3 is 24.6 Å². The number of nitrogens with zero attached hydrogens (tertiary/aromatic N) is 1. The Labute approximate surface area is 246 Å². The van der Waals surface area contributed by atoms with Gasteiger partial charge in [-0.3, -0.25) is 14.5 Å². The molecular formula is C34H38N2O6. The normalized spacial score (nSPS) is 20.8. The molecule has 6 rings (SSSR count). The number of benzene rings is 3. The van der Waals surface area contributed by atoms with Crippen molar-refractivity contribution in [1.29, 1.82) is 0 Å². The number of carbonyl (C=O) groups is 2. The zero-order valence-electron chi connectivity index (χ0n) is 24.7. The smallest absolute Gasteiger partial charge is 0.309 e. The van der Waals surface area contributed by atoms with E-state index in [1.165, 1.54) is 5.56 Å². The summed E-state index contributed by atoms with van der Waals surface area (Å²) < 4.78 is 17.0. The van der Waals surface area contributed by atoms with Gasteiger partial charge in [-0.05, 0) is 72.2 Å². The van der Waals surface area contributed by atoms with Crippen LogP contribution in [0.1, 0.15) is 64.8 Å². The standard InChI is InChI=1S/C34H38N2O6/c1-5-21-13-19(3)14-22(6-2)31(21)35-29(37)17-36-16-26(25-8-10-28-33(20(25)4)42-18-41-28)30(34(38)39)32(36)24-7-9-27-23(15-24)11-12-40-27/h7-10,13-15,26,30,32H,5-6,11-12,16-18H2,1-4H3,(H,35,37)(H,38,39)/t26-,30?,32+/m1/s1. The van der Waals surface area contributed by atoms with Crippen LogP contribution in [0.25, 0.3) is 0 Å². The Hall–Kier alpha value is -4.04. The summed E-state index contributed by atoms with van der Waals surface area (Å²) in [5, 5.41) is 13.9. The summed E-state index contributed by atoms with van der Waals surface area (Å²) in [4.78, 5) is 28.8. The average molecular weight is 571 g/mol. The van der Waals surface area contributed by atoms with E-state index >= 15 is 0 Å². The Morgan fingerprint density at radius 3 is 2.43 bits per heavy atom. The summed E-state index contributed by atoms with van der Waals surface area (Å²) in [7, 11) is 0. The molecule has 2 N–H and O–H groups in total. The molecule has 8 nitrogen and oxygen atoms in total. The molecule has 3 aromatic rings. The molecule has 3 aromatic carbocycles. The number of hydrogen-bond acceptors (Lipinski definition) is 6. The first-order valence-corrected chi connectivity index (χ1v) is 14.8. The molecule has 42 heavy (non-hydrogen) atoms. The fourth-order valence-electron chi connectivity index (χ4n) is 7.05. The lowest BCUT2D eigenvalue weighted by Gasteiger charge is -2.27. The van der Waals surface area contributed by atoms with Crippen LogP contribution in [0, 0.1) is 19.8 Å². The highest BCUT2D eigenvalue weighted by molar-refractivity contribution is 5.94. The maximum Gasteiger partial charge on any atom is 0.309 e. The zero-order valence-corrected chi connectivity index (χ0v) is 24.7. The second-order valence-electron chi connectivity index (χ2n) is 11.5. The van der Waals surface area contributed by atoms with E-state index < -0.39 is 17.9 Å². The molecule has 3 atom stereocenters. The van der Waals surface area contributed by atoms with E-state index in [1.807, 2.05) is 36.1 Å². The van der Waals surface area contributed by atoms with Crippen molar-refractivity contribution in [3.63, 3.8) is 0 Å². The number of hydrogen-bond donors (Lipinski definition) is 2. The van der Waals surface area contributed by atoms with Crippen LogP contribution in [0.4, 0.5) is 5.69 Å². The van der Waals surface area contributed by atoms with Gasteiger partial charge in [0.2, 0.25) is 12.7 Å². The molecule has 0 radical (unpaired) electrons. The number of fused-ring (bicyclic) bond motifs is 2. The van der Waals surface area contributed by atoms with Crippen LogP contribution in [-0.2, 0) is 28.9 Å². The predicted octanol–water partition coefficient (Wildman–Crippen LogP) is 5.57. The molecule has 0 saturated carbocycles. The Balaban J connectivity index is 1.37. The van der Waals surface area contributed by atoms with Gasteiger partial charge in [0, 0.05) is 30.6 Å². The molecule has 3 heterocycles. The third-order valence-corrected chi connectivity index (χ3v) is 8.99. The second kappa shape index (κ2) is 11.3. The van der Waals surface area contributed by atoms with E-state index in [1.54, 1.807) is 0 Å². The van der Waals surface area contributed by atoms with Gasteiger partial charge >= 0.3 is 5.97 Å². The molecule has 0 bridgehead atoms. The van der Waals surface area contributed by atoms with Crippen LogP contribution in [-0.4, -0.2) is 48.4 Å². The molecule has 3 aliphatic rings. The number of aryl methyl sites for hydroxylation is 3. The Bertz CT molecular complexity index is 1520. The van der Waals surface area contributed by atoms with Crippen molar-refractivity contribution in [3.05, 3.63) is 81.4 Å². The third kappa shape index (κ3) is 4.98. The van der Waals surface area contributed by atoms with Crippen LogP contribution in [0.3, 0.4) is 0 Å². The van der Waals surface area contributed by atoms with Crippen molar-refractivity contribution in [2.45, 2.75) is 58.9 Å². The SMILES string of the molecule is CCc1cc(C)cc(CC)c1NC(=O)CN1C[C@H](c2ccc3c(c2C)OCO3)C(C(=O)O)[C@@H]1c1ccc2c(c1)CCO2. The number of carboxylic acids is 1. The Kier molecular flexibility index (Phi) is 7.58. The first kappa shape index (κ1) is 28.1. The monoisotopic (exact) mass is 570 g/mol. The average Bonchev–Trinajstić information content (AvgIpc) is 3.72. The number of nitrogens with one attached hydrogen (secondary N) is 1. The number of amides is 1. The number of rotatable bonds is 8. The molecule has 1 fully saturated rings. The summed E-state index contributed by atoms with van der Waals surface area (Å²) in [5.41, 5.74) is 8.01. The van der Waals surface area contributed by atoms with Gasteiger partial charge in [0.1, 0.15) is 5.75 Å². The highest BCUT2D eigenvalue weighted by Crippen LogP contribution is 2.50. The van der Waals surface area contributed by atoms with Crippen LogP contribution < -0.4 is 19.5 Å². The van der Waals surface area contributed by atoms with Gasteiger partial charge in [-0.2, -0.15) is 0 Å². The quantitative estimate of drug-likeness (QED) is 0.365. The van der Waals surface area contributed by atoms with Crippen LogP contribution in [0.15, 0.2) is 42.5 Å². The van der Waals surface area contributed by atoms with Crippen molar-refractivity contribution in [2.75, 3.05) is 31.8 Å². The highest BCUT2D eigenvalue weighted by Gasteiger charge is 2.49. The van der Waals surface area contributed by atoms with Crippen molar-refractivity contribution >= 4 is 17.6 Å². The fraction of sp³-hybridized carbons (Fsp3) is 0.412. The number of carbonyl (C=O) groups excluding carboxylic acids is 1. The first-order chi connectivity index (χ1) is 20.3. The number of anilines is 1. The van der Waals surface area contributed by atoms with E-state index in [0.717, 1.165) is 64.1 Å². The van der Waals surface area contributed by atoms with Crippen LogP contribution in [0.5, 0.6) is 17.2 Å². The molecular weight excluding hydrogens is 532 g/mol. The molecule has 1 amide bonds. The minimum atomic E-state index is -0.887. The first-order valence-electron chi connectivity index (χ1n) is 14.8. The van der Waals surface area contributed by atoms with Gasteiger partial charge in [-0.15, -0.1) is 0 Å². The molecule has 220 valence electrons. The molecule has 0 aromatic heterocycles. The number of likely N-dealkylation sites (tertiary alicyclic amines) is 1. The molecule has 3 aliphatic heterocycles. The summed E-state index contributed by atoms with van der Waals surface area (Å²) >= 11 is 0. The van der Waals surface area contributed by atoms with Crippen LogP contribution >= 0.6 is 0 Å². The van der Waals surface area contributed by atoms with E-state index in [0.29, 0.717) is 24.7 Å². The van der Waals surface area contributed by atoms with E-state index in [2.05, 4.69) is 44.3 Å². The number of carboxylic acid groups (broad SMARTS) is 1. The minimum Gasteiger partial charge on any atom is -0.493 e. The second-order valence-corrected chi connectivity index (χ2v) is 11.5. The van der Waals surface area contributed by atoms with Gasteiger partial charge in [-0.25, -0.2) is 0 Å². The summed E-state index contributed by atoms with van der Waals surface area (Å²) in [6, 6.07) is 13.5. The predicted molar refractivity (Wildman–Crippen MR) is 160 cm³/mol. The zero-order chi connectivity index (χ0) is 29.5. The molecule has 1 saturated heterocycles. The van der Waals surface area contributed by atoms with Gasteiger partial charge in [0.15, 0.2) is 11.5 Å². The van der Waals surface area contributed by atoms with Gasteiger partial charge in [0.25, 0.3) is 0 Å². The molecule has 8 heteroatoms. The largest absolute Gasteiger partial charge is 0.493 e. The molecule has 0 spiro atoms. The molecule has 0 aliphatic carbocycles. The number of ether oxygens (including phenoxy) is 3. The van der Waals surface area contributed by atoms with Gasteiger partial charge in [0.05, 0.1) is 19.1 Å². The third-order valence-electron chi connectivity index (χ3n) is 8.99.